The number of carboxylic acids is 1. The molecule has 0 heterocycles. The van der Waals surface area contributed by atoms with Gasteiger partial charge in [-0.2, -0.15) is 0 Å². The van der Waals surface area contributed by atoms with Crippen LogP contribution in [0.15, 0.2) is 66.7 Å². The van der Waals surface area contributed by atoms with Crippen LogP contribution < -0.4 is 10.6 Å². The van der Waals surface area contributed by atoms with Crippen LogP contribution in [0.25, 0.3) is 11.1 Å². The first-order valence-electron chi connectivity index (χ1n) is 11.3. The molecule has 4 rings (SSSR count). The minimum absolute atomic E-state index is 0.0269. The number of benzene rings is 3. The van der Waals surface area contributed by atoms with E-state index in [9.17, 15) is 23.9 Å². The molecule has 0 spiro atoms. The highest BCUT2D eigenvalue weighted by Gasteiger charge is 2.30. The minimum Gasteiger partial charge on any atom is -0.481 e. The van der Waals surface area contributed by atoms with E-state index in [1.807, 2.05) is 48.5 Å². The summed E-state index contributed by atoms with van der Waals surface area (Å²) in [4.78, 5) is 36.6. The van der Waals surface area contributed by atoms with Crippen molar-refractivity contribution < 1.29 is 28.6 Å². The monoisotopic (exact) mass is 476 g/mol. The van der Waals surface area contributed by atoms with Gasteiger partial charge in [0.15, 0.2) is 0 Å². The lowest BCUT2D eigenvalue weighted by Crippen LogP contribution is -2.45. The van der Waals surface area contributed by atoms with Crippen molar-refractivity contribution >= 4 is 23.7 Å². The van der Waals surface area contributed by atoms with Crippen molar-refractivity contribution in [3.8, 4) is 11.1 Å². The predicted octanol–water partition coefficient (Wildman–Crippen LogP) is 4.71. The second-order valence-electron chi connectivity index (χ2n) is 8.27. The minimum atomic E-state index is -1.38. The van der Waals surface area contributed by atoms with Gasteiger partial charge in [-0.25, -0.2) is 9.18 Å². The van der Waals surface area contributed by atoms with Gasteiger partial charge in [-0.15, -0.1) is 0 Å². The first kappa shape index (κ1) is 23.9. The van der Waals surface area contributed by atoms with Crippen molar-refractivity contribution in [2.75, 3.05) is 11.9 Å². The number of rotatable bonds is 8. The molecule has 1 aliphatic carbocycles. The standard InChI is InChI=1S/C27H25FN2O5/c1-2-16-13-17(11-12-23(16)28)29-26(33)24(14-25(31)32)30-27(34)35-15-22-20-9-5-3-7-18(20)19-8-4-6-10-21(19)22/h3-13,22,24H,2,14-15H2,1H3,(H,29,33)(H,30,34)(H,31,32). The average Bonchev–Trinajstić information content (AvgIpc) is 3.17. The highest BCUT2D eigenvalue weighted by atomic mass is 19.1. The number of amides is 2. The van der Waals surface area contributed by atoms with E-state index in [0.29, 0.717) is 17.7 Å². The van der Waals surface area contributed by atoms with Gasteiger partial charge in [0.1, 0.15) is 18.5 Å². The molecular weight excluding hydrogens is 451 g/mol. The number of aryl methyl sites for hydroxylation is 1. The van der Waals surface area contributed by atoms with Crippen LogP contribution in [0.1, 0.15) is 36.0 Å². The van der Waals surface area contributed by atoms with Crippen molar-refractivity contribution in [2.45, 2.75) is 31.7 Å². The highest BCUT2D eigenvalue weighted by molar-refractivity contribution is 5.98. The van der Waals surface area contributed by atoms with Gasteiger partial charge in [-0.3, -0.25) is 9.59 Å². The molecular formula is C27H25FN2O5. The normalized spacial score (nSPS) is 12.9. The van der Waals surface area contributed by atoms with Crippen LogP contribution in [0.3, 0.4) is 0 Å². The Morgan fingerprint density at radius 1 is 1.00 bits per heavy atom. The Morgan fingerprint density at radius 3 is 2.23 bits per heavy atom. The van der Waals surface area contributed by atoms with E-state index in [1.165, 1.54) is 18.2 Å². The Kier molecular flexibility index (Phi) is 7.10. The maximum atomic E-state index is 13.7. The number of halogens is 1. The number of anilines is 1. The van der Waals surface area contributed by atoms with Gasteiger partial charge in [-0.05, 0) is 52.4 Å². The molecule has 0 aliphatic heterocycles. The van der Waals surface area contributed by atoms with Crippen LogP contribution >= 0.6 is 0 Å². The summed E-state index contributed by atoms with van der Waals surface area (Å²) in [6.07, 6.45) is -1.12. The third kappa shape index (κ3) is 5.32. The molecule has 3 N–H and O–H groups in total. The molecule has 1 unspecified atom stereocenters. The van der Waals surface area contributed by atoms with E-state index in [-0.39, 0.29) is 12.5 Å². The number of ether oxygens (including phenoxy) is 1. The number of carbonyl (C=O) groups is 3. The first-order chi connectivity index (χ1) is 16.9. The van der Waals surface area contributed by atoms with Gasteiger partial charge < -0.3 is 20.5 Å². The van der Waals surface area contributed by atoms with Crippen LogP contribution in [0.2, 0.25) is 0 Å². The molecule has 180 valence electrons. The SMILES string of the molecule is CCc1cc(NC(=O)C(CC(=O)O)NC(=O)OCC2c3ccccc3-c3ccccc32)ccc1F. The summed E-state index contributed by atoms with van der Waals surface area (Å²) in [7, 11) is 0. The fourth-order valence-electron chi connectivity index (χ4n) is 4.32. The molecule has 0 radical (unpaired) electrons. The predicted molar refractivity (Wildman–Crippen MR) is 129 cm³/mol. The Bertz CT molecular complexity index is 1230. The van der Waals surface area contributed by atoms with Crippen molar-refractivity contribution in [1.29, 1.82) is 0 Å². The third-order valence-electron chi connectivity index (χ3n) is 6.03. The summed E-state index contributed by atoms with van der Waals surface area (Å²) in [6.45, 7) is 1.80. The summed E-state index contributed by atoms with van der Waals surface area (Å²) in [5.74, 6) is -2.58. The molecule has 1 atom stereocenters. The van der Waals surface area contributed by atoms with Gasteiger partial charge in [0.25, 0.3) is 0 Å². The van der Waals surface area contributed by atoms with Gasteiger partial charge in [0.05, 0.1) is 6.42 Å². The van der Waals surface area contributed by atoms with Crippen molar-refractivity contribution in [2.24, 2.45) is 0 Å². The number of carboxylic acid groups (broad SMARTS) is 1. The molecule has 0 fully saturated rings. The lowest BCUT2D eigenvalue weighted by atomic mass is 9.98. The topological polar surface area (TPSA) is 105 Å². The molecule has 0 saturated heterocycles. The largest absolute Gasteiger partial charge is 0.481 e. The average molecular weight is 477 g/mol. The smallest absolute Gasteiger partial charge is 0.407 e. The maximum Gasteiger partial charge on any atom is 0.407 e. The van der Waals surface area contributed by atoms with Gasteiger partial charge in [0, 0.05) is 11.6 Å². The van der Waals surface area contributed by atoms with Gasteiger partial charge in [-0.1, -0.05) is 55.5 Å². The Labute approximate surface area is 201 Å². The van der Waals surface area contributed by atoms with Gasteiger partial charge >= 0.3 is 12.1 Å². The van der Waals surface area contributed by atoms with E-state index in [2.05, 4.69) is 10.6 Å². The zero-order valence-electron chi connectivity index (χ0n) is 19.1. The fraction of sp³-hybridized carbons (Fsp3) is 0.222. The number of alkyl carbamates (subject to hydrolysis) is 1. The van der Waals surface area contributed by atoms with Crippen LogP contribution in [-0.4, -0.2) is 35.7 Å². The summed E-state index contributed by atoms with van der Waals surface area (Å²) in [6, 6.07) is 18.4. The number of aliphatic carboxylic acids is 1. The highest BCUT2D eigenvalue weighted by Crippen LogP contribution is 2.44. The summed E-state index contributed by atoms with van der Waals surface area (Å²) >= 11 is 0. The molecule has 3 aromatic carbocycles. The maximum absolute atomic E-state index is 13.7. The zero-order chi connectivity index (χ0) is 24.9. The van der Waals surface area contributed by atoms with Crippen molar-refractivity contribution in [1.82, 2.24) is 5.32 Å². The van der Waals surface area contributed by atoms with Crippen molar-refractivity contribution in [3.05, 3.63) is 89.2 Å². The molecule has 35 heavy (non-hydrogen) atoms. The third-order valence-corrected chi connectivity index (χ3v) is 6.03. The molecule has 0 saturated carbocycles. The summed E-state index contributed by atoms with van der Waals surface area (Å²) < 4.78 is 19.2. The van der Waals surface area contributed by atoms with Crippen molar-refractivity contribution in [3.63, 3.8) is 0 Å². The van der Waals surface area contributed by atoms with E-state index >= 15 is 0 Å². The zero-order valence-corrected chi connectivity index (χ0v) is 19.1. The van der Waals surface area contributed by atoms with E-state index < -0.39 is 36.2 Å². The number of hydrogen-bond donors (Lipinski definition) is 3. The second-order valence-corrected chi connectivity index (χ2v) is 8.27. The Balaban J connectivity index is 1.43. The molecule has 8 heteroatoms. The number of fused-ring (bicyclic) bond motifs is 3. The lowest BCUT2D eigenvalue weighted by molar-refractivity contribution is -0.139. The lowest BCUT2D eigenvalue weighted by Gasteiger charge is -2.19. The van der Waals surface area contributed by atoms with Crippen LogP contribution in [0.5, 0.6) is 0 Å². The molecule has 3 aromatic rings. The quantitative estimate of drug-likeness (QED) is 0.437. The number of carbonyl (C=O) groups excluding carboxylic acids is 2. The molecule has 2 amide bonds. The molecule has 0 aromatic heterocycles. The number of hydrogen-bond acceptors (Lipinski definition) is 4. The first-order valence-corrected chi connectivity index (χ1v) is 11.3. The molecule has 0 bridgehead atoms. The second kappa shape index (κ2) is 10.4. The van der Waals surface area contributed by atoms with Crippen LogP contribution in [0, 0.1) is 5.82 Å². The van der Waals surface area contributed by atoms with Gasteiger partial charge in [0.2, 0.25) is 5.91 Å². The summed E-state index contributed by atoms with van der Waals surface area (Å²) in [5.41, 5.74) is 4.92. The fourth-order valence-corrected chi connectivity index (χ4v) is 4.32. The molecule has 1 aliphatic rings. The van der Waals surface area contributed by atoms with E-state index in [0.717, 1.165) is 22.3 Å². The van der Waals surface area contributed by atoms with E-state index in [4.69, 9.17) is 4.74 Å². The van der Waals surface area contributed by atoms with E-state index in [1.54, 1.807) is 6.92 Å². The van der Waals surface area contributed by atoms with Crippen LogP contribution in [-0.2, 0) is 20.7 Å². The Morgan fingerprint density at radius 2 is 1.63 bits per heavy atom. The van der Waals surface area contributed by atoms with Crippen LogP contribution in [0.4, 0.5) is 14.9 Å². The number of nitrogens with one attached hydrogen (secondary N) is 2. The molecule has 7 nitrogen and oxygen atoms in total. The summed E-state index contributed by atoms with van der Waals surface area (Å²) in [5, 5.41) is 14.1. The Hall–Kier alpha value is -4.20.